The molecule has 2 unspecified atom stereocenters. The van der Waals surface area contributed by atoms with Crippen LogP contribution in [0.5, 0.6) is 5.75 Å². The van der Waals surface area contributed by atoms with E-state index in [1.807, 2.05) is 34.2 Å². The van der Waals surface area contributed by atoms with Gasteiger partial charge in [0.2, 0.25) is 0 Å². The third-order valence-electron chi connectivity index (χ3n) is 11.8. The Balaban J connectivity index is 1.08. The van der Waals surface area contributed by atoms with Crippen LogP contribution in [0.25, 0.3) is 33.6 Å². The number of aliphatic imine (C=N–C) groups is 1. The molecular formula is C40H45N9O3. The first-order valence-electron chi connectivity index (χ1n) is 18.7. The molecule has 0 spiro atoms. The van der Waals surface area contributed by atoms with Gasteiger partial charge < -0.3 is 29.4 Å². The molecule has 268 valence electrons. The summed E-state index contributed by atoms with van der Waals surface area (Å²) in [7, 11) is 3.37. The van der Waals surface area contributed by atoms with E-state index in [2.05, 4.69) is 31.2 Å². The first-order valence-corrected chi connectivity index (χ1v) is 18.7. The van der Waals surface area contributed by atoms with Crippen molar-refractivity contribution >= 4 is 40.1 Å². The number of pyridine rings is 2. The fourth-order valence-electron chi connectivity index (χ4n) is 8.89. The molecule has 9 rings (SSSR count). The van der Waals surface area contributed by atoms with Gasteiger partial charge in [-0.1, -0.05) is 0 Å². The summed E-state index contributed by atoms with van der Waals surface area (Å²) in [5.41, 5.74) is 12.0. The van der Waals surface area contributed by atoms with Crippen molar-refractivity contribution in [1.82, 2.24) is 33.9 Å². The van der Waals surface area contributed by atoms with E-state index in [0.717, 1.165) is 65.8 Å². The Hall–Kier alpha value is -5.10. The van der Waals surface area contributed by atoms with Crippen LogP contribution < -0.4 is 10.5 Å². The number of rotatable bonds is 9. The molecule has 2 aliphatic carbocycles. The summed E-state index contributed by atoms with van der Waals surface area (Å²) < 4.78 is 10.7. The molecule has 2 amide bonds. The number of carbonyl (C=O) groups excluding carboxylic acids is 2. The Morgan fingerprint density at radius 2 is 1.73 bits per heavy atom. The Kier molecular flexibility index (Phi) is 8.29. The van der Waals surface area contributed by atoms with Crippen LogP contribution in [0.15, 0.2) is 59.9 Å². The summed E-state index contributed by atoms with van der Waals surface area (Å²) in [4.78, 5) is 49.9. The van der Waals surface area contributed by atoms with Crippen molar-refractivity contribution < 1.29 is 14.3 Å². The maximum atomic E-state index is 14.0. The highest BCUT2D eigenvalue weighted by Crippen LogP contribution is 2.41. The van der Waals surface area contributed by atoms with Gasteiger partial charge in [-0.3, -0.25) is 19.6 Å². The summed E-state index contributed by atoms with van der Waals surface area (Å²) in [6.45, 7) is 3.61. The quantitative estimate of drug-likeness (QED) is 0.213. The molecule has 4 aliphatic rings. The first kappa shape index (κ1) is 32.8. The van der Waals surface area contributed by atoms with Crippen LogP contribution in [0.4, 0.5) is 0 Å². The zero-order valence-corrected chi connectivity index (χ0v) is 29.8. The predicted molar refractivity (Wildman–Crippen MR) is 200 cm³/mol. The van der Waals surface area contributed by atoms with Crippen LogP contribution in [-0.4, -0.2) is 97.8 Å². The average molecular weight is 700 g/mol. The molecule has 2 saturated carbocycles. The van der Waals surface area contributed by atoms with Crippen molar-refractivity contribution in [2.24, 2.45) is 28.5 Å². The zero-order chi connectivity index (χ0) is 35.5. The maximum absolute atomic E-state index is 14.0. The molecule has 2 N–H and O–H groups in total. The van der Waals surface area contributed by atoms with Gasteiger partial charge in [0.1, 0.15) is 16.9 Å². The van der Waals surface area contributed by atoms with Crippen LogP contribution in [0.3, 0.4) is 0 Å². The van der Waals surface area contributed by atoms with Crippen LogP contribution >= 0.6 is 0 Å². The van der Waals surface area contributed by atoms with E-state index in [0.29, 0.717) is 66.5 Å². The minimum absolute atomic E-state index is 0.00802. The Morgan fingerprint density at radius 1 is 0.923 bits per heavy atom. The predicted octanol–water partition coefficient (Wildman–Crippen LogP) is 5.03. The van der Waals surface area contributed by atoms with Crippen molar-refractivity contribution in [3.8, 4) is 17.3 Å². The molecule has 2 bridgehead atoms. The number of methoxy groups -OCH3 is 1. The van der Waals surface area contributed by atoms with Crippen LogP contribution in [0, 0.1) is 17.8 Å². The minimum atomic E-state index is -0.00802. The van der Waals surface area contributed by atoms with Gasteiger partial charge in [0, 0.05) is 87.0 Å². The number of hydrogen-bond acceptors (Lipinski definition) is 8. The number of imidazole rings is 1. The highest BCUT2D eigenvalue weighted by atomic mass is 16.5. The second-order valence-corrected chi connectivity index (χ2v) is 15.1. The van der Waals surface area contributed by atoms with Crippen molar-refractivity contribution in [3.05, 3.63) is 71.7 Å². The number of carbonyl (C=O) groups is 2. The van der Waals surface area contributed by atoms with E-state index in [1.165, 1.54) is 12.8 Å². The molecule has 1 aromatic carbocycles. The smallest absolute Gasteiger partial charge is 0.254 e. The van der Waals surface area contributed by atoms with E-state index in [9.17, 15) is 9.59 Å². The van der Waals surface area contributed by atoms with E-state index < -0.39 is 0 Å². The normalized spacial score (nSPS) is 22.0. The number of piperidine rings is 2. The molecular weight excluding hydrogens is 654 g/mol. The van der Waals surface area contributed by atoms with E-state index in [4.69, 9.17) is 20.4 Å². The molecule has 6 heterocycles. The fraction of sp³-hybridized carbons (Fsp3) is 0.450. The Labute approximate surface area is 302 Å². The molecule has 4 fully saturated rings. The second kappa shape index (κ2) is 13.1. The van der Waals surface area contributed by atoms with Crippen LogP contribution in [-0.2, 0) is 13.1 Å². The van der Waals surface area contributed by atoms with Gasteiger partial charge in [0.15, 0.2) is 5.82 Å². The average Bonchev–Trinajstić information content (AvgIpc) is 3.54. The van der Waals surface area contributed by atoms with Gasteiger partial charge in [-0.05, 0) is 98.7 Å². The lowest BCUT2D eigenvalue weighted by Gasteiger charge is -2.32. The van der Waals surface area contributed by atoms with Crippen molar-refractivity contribution in [2.75, 3.05) is 33.8 Å². The first-order chi connectivity index (χ1) is 25.4. The summed E-state index contributed by atoms with van der Waals surface area (Å²) in [5, 5.41) is 1.08. The standard InChI is InChI=1S/C40H45N9O3/c1-42-20-30-16-27(9-13-43-30)39(50)46-14-10-25(11-15-46)22-49-36-31(17-29(19-34(36)52-2)40(51)48-23-28-7-8-32(48)35(28)41)45-38(49)33-18-26-4-3-12-44-37(26)47(33)21-24-5-6-24/h3-4,9,12-13,16-20,24-25,28,32,35H,5-8,10-11,14-15,21-23,41H2,1-2H3/t28?,32?,35-/m1/s1. The number of nitrogens with zero attached hydrogens (tertiary/aromatic N) is 8. The molecule has 5 aromatic rings. The highest BCUT2D eigenvalue weighted by Gasteiger charge is 2.47. The number of fused-ring (bicyclic) bond motifs is 4. The van der Waals surface area contributed by atoms with Gasteiger partial charge in [-0.15, -0.1) is 0 Å². The summed E-state index contributed by atoms with van der Waals surface area (Å²) >= 11 is 0. The van der Waals surface area contributed by atoms with Crippen molar-refractivity contribution in [2.45, 2.75) is 63.7 Å². The van der Waals surface area contributed by atoms with Crippen LogP contribution in [0.2, 0.25) is 0 Å². The van der Waals surface area contributed by atoms with E-state index in [1.54, 1.807) is 38.7 Å². The number of amides is 2. The minimum Gasteiger partial charge on any atom is -0.494 e. The molecule has 4 aromatic heterocycles. The van der Waals surface area contributed by atoms with Crippen LogP contribution in [0.1, 0.15) is 64.9 Å². The third kappa shape index (κ3) is 5.73. The lowest BCUT2D eigenvalue weighted by Crippen LogP contribution is -2.41. The topological polar surface area (TPSA) is 137 Å². The molecule has 2 aliphatic heterocycles. The maximum Gasteiger partial charge on any atom is 0.254 e. The van der Waals surface area contributed by atoms with Gasteiger partial charge in [0.25, 0.3) is 11.8 Å². The largest absolute Gasteiger partial charge is 0.494 e. The van der Waals surface area contributed by atoms with Gasteiger partial charge in [0.05, 0.1) is 24.0 Å². The summed E-state index contributed by atoms with van der Waals surface area (Å²) in [6.07, 6.45) is 11.4. The molecule has 12 heteroatoms. The number of hydrogen-bond donors (Lipinski definition) is 1. The Bertz CT molecular complexity index is 2210. The summed E-state index contributed by atoms with van der Waals surface area (Å²) in [6, 6.07) is 13.8. The van der Waals surface area contributed by atoms with Crippen molar-refractivity contribution in [3.63, 3.8) is 0 Å². The number of aromatic nitrogens is 5. The second-order valence-electron chi connectivity index (χ2n) is 15.1. The highest BCUT2D eigenvalue weighted by molar-refractivity contribution is 6.00. The number of ether oxygens (including phenoxy) is 1. The molecule has 12 nitrogen and oxygen atoms in total. The SMILES string of the molecule is CN=Cc1cc(C(=O)N2CCC(Cn3c(-c4cc5cccnc5n4CC4CC4)nc4cc(C(=O)N5CC6CCC5[C@@H]6N)cc(OC)c43)CC2)ccn1. The lowest BCUT2D eigenvalue weighted by atomic mass is 9.96. The zero-order valence-electron chi connectivity index (χ0n) is 29.8. The summed E-state index contributed by atoms with van der Waals surface area (Å²) in [5.74, 6) is 2.78. The molecule has 3 atom stereocenters. The van der Waals surface area contributed by atoms with Gasteiger partial charge in [-0.2, -0.15) is 0 Å². The van der Waals surface area contributed by atoms with E-state index >= 15 is 0 Å². The molecule has 2 saturated heterocycles. The lowest BCUT2D eigenvalue weighted by molar-refractivity contribution is 0.0680. The van der Waals surface area contributed by atoms with Gasteiger partial charge >= 0.3 is 0 Å². The van der Waals surface area contributed by atoms with Gasteiger partial charge in [-0.25, -0.2) is 9.97 Å². The molecule has 0 radical (unpaired) electrons. The number of likely N-dealkylation sites (tertiary alicyclic amines) is 2. The fourth-order valence-corrected chi connectivity index (χ4v) is 8.89. The van der Waals surface area contributed by atoms with Crippen molar-refractivity contribution in [1.29, 1.82) is 0 Å². The monoisotopic (exact) mass is 699 g/mol. The number of nitrogens with two attached hydrogens (primary N) is 1. The van der Waals surface area contributed by atoms with E-state index in [-0.39, 0.29) is 23.9 Å². The Morgan fingerprint density at radius 3 is 2.46 bits per heavy atom. The number of benzene rings is 1. The molecule has 52 heavy (non-hydrogen) atoms. The third-order valence-corrected chi connectivity index (χ3v) is 11.8.